The van der Waals surface area contributed by atoms with E-state index in [1.807, 2.05) is 31.0 Å². The number of hydrogen-bond donors (Lipinski definition) is 2. The Hall–Kier alpha value is -2.12. The normalized spacial score (nSPS) is 17.1. The molecule has 0 unspecified atom stereocenters. The van der Waals surface area contributed by atoms with Gasteiger partial charge in [-0.3, -0.25) is 4.79 Å². The summed E-state index contributed by atoms with van der Waals surface area (Å²) in [4.78, 5) is 27.9. The molecule has 0 saturated carbocycles. The largest absolute Gasteiger partial charge is 0.365 e. The maximum Gasteiger partial charge on any atom is 0.290 e. The predicted octanol–water partition coefficient (Wildman–Crippen LogP) is 3.47. The van der Waals surface area contributed by atoms with Crippen LogP contribution in [0.3, 0.4) is 0 Å². The van der Waals surface area contributed by atoms with Gasteiger partial charge in [-0.2, -0.15) is 0 Å². The second-order valence-corrected chi connectivity index (χ2v) is 7.16. The molecule has 2 N–H and O–H groups in total. The Morgan fingerprint density at radius 3 is 3.04 bits per heavy atom. The minimum absolute atomic E-state index is 0.0236. The average molecular weight is 362 g/mol. The molecule has 1 aromatic carbocycles. The number of carbonyl (C=O) groups is 1. The molecule has 0 radical (unpaired) electrons. The summed E-state index contributed by atoms with van der Waals surface area (Å²) in [5, 5.41) is 4.53. The first-order valence-electron chi connectivity index (χ1n) is 7.71. The number of nitrogens with one attached hydrogen (secondary N) is 2. The number of imidazole rings is 1. The van der Waals surface area contributed by atoms with E-state index in [0.29, 0.717) is 28.4 Å². The third-order valence-corrected chi connectivity index (χ3v) is 5.91. The van der Waals surface area contributed by atoms with Gasteiger partial charge in [0.1, 0.15) is 0 Å². The Morgan fingerprint density at radius 2 is 2.29 bits per heavy atom. The molecule has 0 bridgehead atoms. The lowest BCUT2D eigenvalue weighted by atomic mass is 10.1. The molecule has 4 rings (SSSR count). The highest BCUT2D eigenvalue weighted by molar-refractivity contribution is 7.15. The van der Waals surface area contributed by atoms with E-state index in [0.717, 1.165) is 22.1 Å². The van der Waals surface area contributed by atoms with Crippen molar-refractivity contribution >= 4 is 45.0 Å². The van der Waals surface area contributed by atoms with E-state index in [2.05, 4.69) is 20.3 Å². The lowest BCUT2D eigenvalue weighted by Gasteiger charge is -2.31. The number of anilines is 1. The number of benzene rings is 1. The smallest absolute Gasteiger partial charge is 0.290 e. The van der Waals surface area contributed by atoms with E-state index in [1.54, 1.807) is 17.4 Å². The summed E-state index contributed by atoms with van der Waals surface area (Å²) in [5.74, 6) is 0.214. The third-order valence-electron chi connectivity index (χ3n) is 4.31. The van der Waals surface area contributed by atoms with Crippen molar-refractivity contribution < 1.29 is 4.79 Å². The Bertz CT molecular complexity index is 934. The van der Waals surface area contributed by atoms with Crippen molar-refractivity contribution in [3.05, 3.63) is 39.6 Å². The van der Waals surface area contributed by atoms with Crippen LogP contribution in [0.4, 0.5) is 5.13 Å². The molecule has 8 heteroatoms. The van der Waals surface area contributed by atoms with Crippen molar-refractivity contribution in [1.82, 2.24) is 19.9 Å². The van der Waals surface area contributed by atoms with Gasteiger partial charge in [0.25, 0.3) is 5.91 Å². The van der Waals surface area contributed by atoms with E-state index >= 15 is 0 Å². The quantitative estimate of drug-likeness (QED) is 0.733. The van der Waals surface area contributed by atoms with Gasteiger partial charge in [-0.1, -0.05) is 29.0 Å². The van der Waals surface area contributed by atoms with Gasteiger partial charge in [-0.05, 0) is 19.1 Å². The van der Waals surface area contributed by atoms with Gasteiger partial charge in [0.2, 0.25) is 0 Å². The number of aromatic nitrogens is 3. The third kappa shape index (κ3) is 2.35. The van der Waals surface area contributed by atoms with Crippen LogP contribution in [0.25, 0.3) is 11.0 Å². The van der Waals surface area contributed by atoms with E-state index < -0.39 is 0 Å². The van der Waals surface area contributed by atoms with Crippen molar-refractivity contribution in [2.45, 2.75) is 19.4 Å². The molecule has 6 nitrogen and oxygen atoms in total. The molecule has 1 aliphatic rings. The van der Waals surface area contributed by atoms with E-state index in [-0.39, 0.29) is 11.9 Å². The highest BCUT2D eigenvalue weighted by Crippen LogP contribution is 2.36. The number of carbonyl (C=O) groups excluding carboxylic acids is 1. The number of fused-ring (bicyclic) bond motifs is 2. The fourth-order valence-electron chi connectivity index (χ4n) is 3.05. The van der Waals surface area contributed by atoms with Crippen LogP contribution in [0.2, 0.25) is 5.02 Å². The second-order valence-electron chi connectivity index (χ2n) is 5.72. The minimum Gasteiger partial charge on any atom is -0.365 e. The first-order chi connectivity index (χ1) is 11.6. The van der Waals surface area contributed by atoms with Crippen molar-refractivity contribution in [2.24, 2.45) is 0 Å². The number of halogens is 1. The van der Waals surface area contributed by atoms with Crippen LogP contribution < -0.4 is 5.32 Å². The maximum atomic E-state index is 12.9. The monoisotopic (exact) mass is 361 g/mol. The minimum atomic E-state index is -0.111. The topological polar surface area (TPSA) is 73.9 Å². The molecule has 3 aromatic rings. The summed E-state index contributed by atoms with van der Waals surface area (Å²) >= 11 is 7.76. The number of thiazole rings is 1. The SMILES string of the molecule is CNc1nc2c(s1)[C@@H](C)N(C(=O)c1nc3cccc(Cl)c3[nH]1)CC2. The Balaban J connectivity index is 1.67. The van der Waals surface area contributed by atoms with Crippen LogP contribution in [0.1, 0.15) is 34.2 Å². The number of amides is 1. The van der Waals surface area contributed by atoms with Gasteiger partial charge in [0, 0.05) is 20.0 Å². The maximum absolute atomic E-state index is 12.9. The Morgan fingerprint density at radius 1 is 1.46 bits per heavy atom. The lowest BCUT2D eigenvalue weighted by Crippen LogP contribution is -2.38. The second kappa shape index (κ2) is 5.75. The summed E-state index contributed by atoms with van der Waals surface area (Å²) < 4.78 is 0. The van der Waals surface area contributed by atoms with Gasteiger partial charge in [0.15, 0.2) is 11.0 Å². The molecule has 2 aromatic heterocycles. The fourth-order valence-corrected chi connectivity index (χ4v) is 4.30. The molecule has 0 spiro atoms. The van der Waals surface area contributed by atoms with Crippen LogP contribution in [0.15, 0.2) is 18.2 Å². The molecule has 0 saturated heterocycles. The van der Waals surface area contributed by atoms with Crippen LogP contribution in [0.5, 0.6) is 0 Å². The number of rotatable bonds is 2. The molecule has 1 amide bonds. The number of hydrogen-bond acceptors (Lipinski definition) is 5. The lowest BCUT2D eigenvalue weighted by molar-refractivity contribution is 0.0669. The van der Waals surface area contributed by atoms with E-state index in [4.69, 9.17) is 11.6 Å². The first-order valence-corrected chi connectivity index (χ1v) is 8.90. The van der Waals surface area contributed by atoms with E-state index in [1.165, 1.54) is 0 Å². The Kier molecular flexibility index (Phi) is 3.69. The molecule has 0 aliphatic carbocycles. The fraction of sp³-hybridized carbons (Fsp3) is 0.312. The summed E-state index contributed by atoms with van der Waals surface area (Å²) in [6.07, 6.45) is 0.755. The van der Waals surface area contributed by atoms with Gasteiger partial charge < -0.3 is 15.2 Å². The van der Waals surface area contributed by atoms with E-state index in [9.17, 15) is 4.79 Å². The van der Waals surface area contributed by atoms with Crippen molar-refractivity contribution in [1.29, 1.82) is 0 Å². The molecular weight excluding hydrogens is 346 g/mol. The standard InChI is InChI=1S/C16H16ClN5OS/c1-8-13-11(20-16(18-2)24-13)6-7-22(8)15(23)14-19-10-5-3-4-9(17)12(10)21-14/h3-5,8H,6-7H2,1-2H3,(H,18,20)(H,19,21)/t8-/m1/s1. The van der Waals surface area contributed by atoms with Gasteiger partial charge in [0.05, 0.1) is 32.7 Å². The first kappa shape index (κ1) is 15.4. The zero-order valence-electron chi connectivity index (χ0n) is 13.3. The average Bonchev–Trinajstić information content (AvgIpc) is 3.19. The van der Waals surface area contributed by atoms with Gasteiger partial charge in [-0.15, -0.1) is 0 Å². The molecular formula is C16H16ClN5OS. The molecule has 124 valence electrons. The van der Waals surface area contributed by atoms with Crippen molar-refractivity contribution in [3.8, 4) is 0 Å². The number of nitrogens with zero attached hydrogens (tertiary/aromatic N) is 3. The van der Waals surface area contributed by atoms with Crippen LogP contribution >= 0.6 is 22.9 Å². The summed E-state index contributed by atoms with van der Waals surface area (Å²) in [6.45, 7) is 2.66. The molecule has 1 aliphatic heterocycles. The van der Waals surface area contributed by atoms with Crippen LogP contribution in [0, 0.1) is 0 Å². The van der Waals surface area contributed by atoms with Crippen LogP contribution in [-0.2, 0) is 6.42 Å². The highest BCUT2D eigenvalue weighted by Gasteiger charge is 2.32. The number of H-pyrrole nitrogens is 1. The van der Waals surface area contributed by atoms with Crippen LogP contribution in [-0.4, -0.2) is 39.4 Å². The van der Waals surface area contributed by atoms with Gasteiger partial charge >= 0.3 is 0 Å². The molecule has 24 heavy (non-hydrogen) atoms. The van der Waals surface area contributed by atoms with Crippen molar-refractivity contribution in [2.75, 3.05) is 18.9 Å². The number of aromatic amines is 1. The number of para-hydroxylation sites is 1. The zero-order chi connectivity index (χ0) is 16.8. The molecule has 0 fully saturated rings. The highest BCUT2D eigenvalue weighted by atomic mass is 35.5. The summed E-state index contributed by atoms with van der Waals surface area (Å²) in [6, 6.07) is 5.42. The molecule has 1 atom stereocenters. The summed E-state index contributed by atoms with van der Waals surface area (Å²) in [7, 11) is 1.86. The van der Waals surface area contributed by atoms with Gasteiger partial charge in [-0.25, -0.2) is 9.97 Å². The Labute approximate surface area is 147 Å². The van der Waals surface area contributed by atoms with Crippen molar-refractivity contribution in [3.63, 3.8) is 0 Å². The predicted molar refractivity (Wildman–Crippen MR) is 95.9 cm³/mol. The molecule has 3 heterocycles. The zero-order valence-corrected chi connectivity index (χ0v) is 14.8. The summed E-state index contributed by atoms with van der Waals surface area (Å²) in [5.41, 5.74) is 2.48.